The van der Waals surface area contributed by atoms with Gasteiger partial charge in [0, 0.05) is 5.41 Å². The summed E-state index contributed by atoms with van der Waals surface area (Å²) in [6, 6.07) is 8.33. The number of hydrogen-bond donors (Lipinski definition) is 1. The van der Waals surface area contributed by atoms with Gasteiger partial charge in [-0.1, -0.05) is 56.2 Å². The average molecular weight is 312 g/mol. The fourth-order valence-corrected chi connectivity index (χ4v) is 4.25. The molecule has 0 spiro atoms. The van der Waals surface area contributed by atoms with E-state index in [1.165, 1.54) is 12.0 Å². The third-order valence-corrected chi connectivity index (χ3v) is 5.82. The highest BCUT2D eigenvalue weighted by atomic mass is 16.5. The van der Waals surface area contributed by atoms with Crippen LogP contribution < -0.4 is 4.74 Å². The maximum absolute atomic E-state index is 11.4. The Morgan fingerprint density at radius 3 is 2.83 bits per heavy atom. The van der Waals surface area contributed by atoms with E-state index in [0.29, 0.717) is 5.92 Å². The van der Waals surface area contributed by atoms with Crippen molar-refractivity contribution in [2.45, 2.75) is 56.5 Å². The first kappa shape index (κ1) is 16.3. The van der Waals surface area contributed by atoms with Gasteiger partial charge in [-0.25, -0.2) is 0 Å². The Kier molecular flexibility index (Phi) is 4.63. The molecule has 0 aliphatic heterocycles. The Bertz CT molecular complexity index is 604. The molecule has 23 heavy (non-hydrogen) atoms. The minimum Gasteiger partial charge on any atom is -0.497 e. The van der Waals surface area contributed by atoms with Crippen LogP contribution in [0.5, 0.6) is 5.75 Å². The predicted molar refractivity (Wildman–Crippen MR) is 94.8 cm³/mol. The van der Waals surface area contributed by atoms with E-state index in [-0.39, 0.29) is 5.41 Å². The molecule has 1 aromatic carbocycles. The summed E-state index contributed by atoms with van der Waals surface area (Å²) in [5, 5.41) is 11.4. The Morgan fingerprint density at radius 2 is 2.13 bits per heavy atom. The van der Waals surface area contributed by atoms with Gasteiger partial charge in [0.15, 0.2) is 0 Å². The van der Waals surface area contributed by atoms with Gasteiger partial charge in [0.05, 0.1) is 12.7 Å². The molecule has 0 heterocycles. The van der Waals surface area contributed by atoms with Gasteiger partial charge >= 0.3 is 0 Å². The monoisotopic (exact) mass is 312 g/mol. The normalized spacial score (nSPS) is 33.6. The average Bonchev–Trinajstić information content (AvgIpc) is 2.58. The van der Waals surface area contributed by atoms with Crippen molar-refractivity contribution in [1.29, 1.82) is 0 Å². The van der Waals surface area contributed by atoms with E-state index in [1.54, 1.807) is 7.11 Å². The van der Waals surface area contributed by atoms with Crippen molar-refractivity contribution in [1.82, 2.24) is 0 Å². The van der Waals surface area contributed by atoms with Gasteiger partial charge in [-0.3, -0.25) is 0 Å². The maximum Gasteiger partial charge on any atom is 0.119 e. The highest BCUT2D eigenvalue weighted by Gasteiger charge is 2.44. The van der Waals surface area contributed by atoms with E-state index >= 15 is 0 Å². The van der Waals surface area contributed by atoms with Crippen LogP contribution in [-0.4, -0.2) is 17.8 Å². The van der Waals surface area contributed by atoms with Gasteiger partial charge in [0.2, 0.25) is 0 Å². The van der Waals surface area contributed by atoms with E-state index < -0.39 is 5.60 Å². The molecule has 3 atom stereocenters. The lowest BCUT2D eigenvalue weighted by molar-refractivity contribution is -0.0599. The van der Waals surface area contributed by atoms with Gasteiger partial charge in [-0.2, -0.15) is 0 Å². The largest absolute Gasteiger partial charge is 0.497 e. The van der Waals surface area contributed by atoms with Gasteiger partial charge in [-0.05, 0) is 49.3 Å². The molecule has 0 saturated heterocycles. The predicted octanol–water partition coefficient (Wildman–Crippen LogP) is 4.78. The van der Waals surface area contributed by atoms with Gasteiger partial charge in [0.1, 0.15) is 5.75 Å². The smallest absolute Gasteiger partial charge is 0.119 e. The number of aliphatic hydroxyl groups is 1. The molecule has 3 rings (SSSR count). The lowest BCUT2D eigenvalue weighted by Gasteiger charge is -2.45. The maximum atomic E-state index is 11.4. The number of methoxy groups -OCH3 is 1. The quantitative estimate of drug-likeness (QED) is 0.867. The summed E-state index contributed by atoms with van der Waals surface area (Å²) in [5.41, 5.74) is 0.532. The molecule has 124 valence electrons. The number of ether oxygens (including phenoxy) is 1. The second-order valence-corrected chi connectivity index (χ2v) is 7.31. The minimum absolute atomic E-state index is 0.135. The van der Waals surface area contributed by atoms with Crippen LogP contribution in [0.1, 0.15) is 51.0 Å². The summed E-state index contributed by atoms with van der Waals surface area (Å²) in [6.45, 7) is 2.21. The van der Waals surface area contributed by atoms with Crippen LogP contribution in [-0.2, 0) is 5.41 Å². The van der Waals surface area contributed by atoms with Crippen LogP contribution in [0.3, 0.4) is 0 Å². The second kappa shape index (κ2) is 6.52. The summed E-state index contributed by atoms with van der Waals surface area (Å²) in [5.74, 6) is 1.24. The number of rotatable bonds is 4. The molecule has 0 aromatic heterocycles. The van der Waals surface area contributed by atoms with Crippen molar-refractivity contribution in [2.75, 3.05) is 7.11 Å². The molecule has 1 N–H and O–H groups in total. The van der Waals surface area contributed by atoms with E-state index in [9.17, 15) is 5.11 Å². The molecule has 0 bridgehead atoms. The Balaban J connectivity index is 1.97. The molecular weight excluding hydrogens is 284 g/mol. The zero-order valence-electron chi connectivity index (χ0n) is 14.3. The van der Waals surface area contributed by atoms with E-state index in [2.05, 4.69) is 49.4 Å². The van der Waals surface area contributed by atoms with Gasteiger partial charge < -0.3 is 9.84 Å². The summed E-state index contributed by atoms with van der Waals surface area (Å²) in [7, 11) is 1.71. The molecule has 2 aliphatic carbocycles. The molecular formula is C21H28O2. The van der Waals surface area contributed by atoms with Crippen molar-refractivity contribution >= 4 is 0 Å². The van der Waals surface area contributed by atoms with E-state index in [0.717, 1.165) is 37.9 Å². The molecule has 2 aliphatic rings. The van der Waals surface area contributed by atoms with Crippen LogP contribution in [0, 0.1) is 5.92 Å². The highest BCUT2D eigenvalue weighted by Crippen LogP contribution is 2.46. The SMILES string of the molecule is COc1cccc(C2(CC3(O)CCCCC3C)C=CC=CC2)c1. The van der Waals surface area contributed by atoms with Crippen LogP contribution in [0.2, 0.25) is 0 Å². The van der Waals surface area contributed by atoms with Gasteiger partial charge in [0.25, 0.3) is 0 Å². The lowest BCUT2D eigenvalue weighted by atomic mass is 9.63. The fraction of sp³-hybridized carbons (Fsp3) is 0.524. The fourth-order valence-electron chi connectivity index (χ4n) is 4.25. The first-order valence-corrected chi connectivity index (χ1v) is 8.79. The third kappa shape index (κ3) is 3.23. The van der Waals surface area contributed by atoms with Crippen LogP contribution in [0.4, 0.5) is 0 Å². The van der Waals surface area contributed by atoms with E-state index in [1.807, 2.05) is 6.07 Å². The Morgan fingerprint density at radius 1 is 1.26 bits per heavy atom. The van der Waals surface area contributed by atoms with Crippen molar-refractivity contribution in [3.05, 3.63) is 54.1 Å². The zero-order valence-corrected chi connectivity index (χ0v) is 14.3. The number of hydrogen-bond acceptors (Lipinski definition) is 2. The van der Waals surface area contributed by atoms with Crippen molar-refractivity contribution in [3.63, 3.8) is 0 Å². The Labute approximate surface area is 139 Å². The third-order valence-electron chi connectivity index (χ3n) is 5.82. The van der Waals surface area contributed by atoms with E-state index in [4.69, 9.17) is 4.74 Å². The number of allylic oxidation sites excluding steroid dienone is 4. The van der Waals surface area contributed by atoms with Gasteiger partial charge in [-0.15, -0.1) is 0 Å². The van der Waals surface area contributed by atoms with Crippen molar-refractivity contribution < 1.29 is 9.84 Å². The molecule has 0 amide bonds. The van der Waals surface area contributed by atoms with Crippen molar-refractivity contribution in [2.24, 2.45) is 5.92 Å². The van der Waals surface area contributed by atoms with Crippen LogP contribution in [0.15, 0.2) is 48.6 Å². The molecule has 0 radical (unpaired) electrons. The molecule has 1 fully saturated rings. The summed E-state index contributed by atoms with van der Waals surface area (Å²) >= 11 is 0. The lowest BCUT2D eigenvalue weighted by Crippen LogP contribution is -2.45. The molecule has 3 unspecified atom stereocenters. The second-order valence-electron chi connectivity index (χ2n) is 7.31. The standard InChI is InChI=1S/C21H28O2/c1-17-9-4-7-14-21(17,22)16-20(12-5-3-6-13-20)18-10-8-11-19(15-18)23-2/h3,5-6,8,10-12,15,17,22H,4,7,9,13-14,16H2,1-2H3. The summed E-state index contributed by atoms with van der Waals surface area (Å²) < 4.78 is 5.42. The zero-order chi connectivity index (χ0) is 16.3. The molecule has 1 saturated carbocycles. The Hall–Kier alpha value is -1.54. The first-order chi connectivity index (χ1) is 11.1. The minimum atomic E-state index is -0.573. The highest BCUT2D eigenvalue weighted by molar-refractivity contribution is 5.40. The first-order valence-electron chi connectivity index (χ1n) is 8.79. The van der Waals surface area contributed by atoms with Crippen LogP contribution >= 0.6 is 0 Å². The topological polar surface area (TPSA) is 29.5 Å². The summed E-state index contributed by atoms with van der Waals surface area (Å²) in [6.07, 6.45) is 14.9. The summed E-state index contributed by atoms with van der Waals surface area (Å²) in [4.78, 5) is 0. The molecule has 2 nitrogen and oxygen atoms in total. The number of benzene rings is 1. The molecule has 1 aromatic rings. The molecule has 2 heteroatoms. The van der Waals surface area contributed by atoms with Crippen LogP contribution in [0.25, 0.3) is 0 Å². The van der Waals surface area contributed by atoms with Crippen molar-refractivity contribution in [3.8, 4) is 5.75 Å².